The van der Waals surface area contributed by atoms with Crippen LogP contribution in [0.5, 0.6) is 0 Å². The molecule has 0 spiro atoms. The third kappa shape index (κ3) is 3.56. The molecule has 0 aliphatic heterocycles. The largest absolute Gasteiger partial charge is 0.478 e. The normalized spacial score (nSPS) is 22.8. The van der Waals surface area contributed by atoms with Crippen LogP contribution in [0.1, 0.15) is 43.0 Å². The molecule has 19 heavy (non-hydrogen) atoms. The molecule has 1 aromatic carbocycles. The number of anilines is 1. The lowest BCUT2D eigenvalue weighted by Crippen LogP contribution is -2.26. The van der Waals surface area contributed by atoms with Gasteiger partial charge in [0, 0.05) is 11.6 Å². The molecule has 0 aromatic heterocycles. The number of carboxylic acid groups (broad SMARTS) is 1. The van der Waals surface area contributed by atoms with Crippen molar-refractivity contribution in [3.63, 3.8) is 0 Å². The van der Waals surface area contributed by atoms with E-state index in [0.717, 1.165) is 31.6 Å². The number of carbonyl (C=O) groups excluding carboxylic acids is 1. The Hall–Kier alpha value is -1.84. The number of aromatic carboxylic acids is 1. The molecule has 1 aliphatic rings. The van der Waals surface area contributed by atoms with Gasteiger partial charge >= 0.3 is 5.97 Å². The van der Waals surface area contributed by atoms with Crippen LogP contribution in [0.15, 0.2) is 24.3 Å². The summed E-state index contributed by atoms with van der Waals surface area (Å²) in [5, 5.41) is 11.7. The average molecular weight is 261 g/mol. The van der Waals surface area contributed by atoms with Crippen LogP contribution in [0.3, 0.4) is 0 Å². The summed E-state index contributed by atoms with van der Waals surface area (Å²) >= 11 is 0. The number of rotatable bonds is 3. The standard InChI is InChI=1S/C15H19NO3/c1-10-2-4-11(5-3-10)14(17)16-13-8-6-12(7-9-13)15(18)19/h6-11H,2-5H2,1H3,(H,16,17)(H,18,19). The van der Waals surface area contributed by atoms with Crippen LogP contribution in [0.2, 0.25) is 0 Å². The fourth-order valence-electron chi connectivity index (χ4n) is 2.46. The third-order valence-electron chi connectivity index (χ3n) is 3.79. The molecular weight excluding hydrogens is 242 g/mol. The lowest BCUT2D eigenvalue weighted by atomic mass is 9.82. The average Bonchev–Trinajstić information content (AvgIpc) is 2.40. The summed E-state index contributed by atoms with van der Waals surface area (Å²) in [6.07, 6.45) is 4.10. The summed E-state index contributed by atoms with van der Waals surface area (Å²) in [5.74, 6) is -0.0941. The van der Waals surface area contributed by atoms with E-state index < -0.39 is 5.97 Å². The molecule has 0 unspecified atom stereocenters. The second-order valence-electron chi connectivity index (χ2n) is 5.33. The maximum Gasteiger partial charge on any atom is 0.335 e. The van der Waals surface area contributed by atoms with Crippen molar-refractivity contribution < 1.29 is 14.7 Å². The van der Waals surface area contributed by atoms with Crippen LogP contribution in [0, 0.1) is 11.8 Å². The van der Waals surface area contributed by atoms with Gasteiger partial charge in [-0.15, -0.1) is 0 Å². The molecule has 1 aliphatic carbocycles. The Morgan fingerprint density at radius 2 is 1.68 bits per heavy atom. The van der Waals surface area contributed by atoms with E-state index in [2.05, 4.69) is 12.2 Å². The minimum absolute atomic E-state index is 0.0509. The van der Waals surface area contributed by atoms with Crippen LogP contribution >= 0.6 is 0 Å². The summed E-state index contributed by atoms with van der Waals surface area (Å²) in [6, 6.07) is 6.27. The number of benzene rings is 1. The maximum atomic E-state index is 12.1. The quantitative estimate of drug-likeness (QED) is 0.878. The molecule has 4 nitrogen and oxygen atoms in total. The van der Waals surface area contributed by atoms with Crippen LogP contribution < -0.4 is 5.32 Å². The highest BCUT2D eigenvalue weighted by Gasteiger charge is 2.24. The van der Waals surface area contributed by atoms with Crippen molar-refractivity contribution >= 4 is 17.6 Å². The Balaban J connectivity index is 1.93. The van der Waals surface area contributed by atoms with E-state index in [-0.39, 0.29) is 17.4 Å². The zero-order valence-electron chi connectivity index (χ0n) is 11.1. The minimum Gasteiger partial charge on any atom is -0.478 e. The van der Waals surface area contributed by atoms with Gasteiger partial charge in [0.15, 0.2) is 0 Å². The first-order chi connectivity index (χ1) is 9.06. The summed E-state index contributed by atoms with van der Waals surface area (Å²) in [7, 11) is 0. The molecule has 2 rings (SSSR count). The van der Waals surface area contributed by atoms with Gasteiger partial charge in [-0.05, 0) is 55.9 Å². The molecule has 2 N–H and O–H groups in total. The molecule has 0 saturated heterocycles. The number of hydrogen-bond donors (Lipinski definition) is 2. The van der Waals surface area contributed by atoms with Gasteiger partial charge in [-0.1, -0.05) is 6.92 Å². The fraction of sp³-hybridized carbons (Fsp3) is 0.467. The predicted molar refractivity (Wildman–Crippen MR) is 73.2 cm³/mol. The highest BCUT2D eigenvalue weighted by molar-refractivity contribution is 5.93. The van der Waals surface area contributed by atoms with Crippen LogP contribution in [-0.4, -0.2) is 17.0 Å². The van der Waals surface area contributed by atoms with E-state index in [1.165, 1.54) is 12.1 Å². The molecule has 1 amide bonds. The van der Waals surface area contributed by atoms with Crippen molar-refractivity contribution in [3.05, 3.63) is 29.8 Å². The molecule has 0 atom stereocenters. The van der Waals surface area contributed by atoms with Crippen molar-refractivity contribution in [2.75, 3.05) is 5.32 Å². The van der Waals surface area contributed by atoms with Crippen LogP contribution in [-0.2, 0) is 4.79 Å². The molecule has 4 heteroatoms. The van der Waals surface area contributed by atoms with Crippen molar-refractivity contribution in [1.82, 2.24) is 0 Å². The molecule has 1 fully saturated rings. The van der Waals surface area contributed by atoms with Gasteiger partial charge in [0.25, 0.3) is 0 Å². The van der Waals surface area contributed by atoms with Crippen molar-refractivity contribution in [3.8, 4) is 0 Å². The Kier molecular flexibility index (Phi) is 4.20. The maximum absolute atomic E-state index is 12.1. The Labute approximate surface area is 112 Å². The monoisotopic (exact) mass is 261 g/mol. The Bertz CT molecular complexity index is 459. The van der Waals surface area contributed by atoms with Crippen LogP contribution in [0.25, 0.3) is 0 Å². The van der Waals surface area contributed by atoms with Crippen LogP contribution in [0.4, 0.5) is 5.69 Å². The van der Waals surface area contributed by atoms with Gasteiger partial charge < -0.3 is 10.4 Å². The lowest BCUT2D eigenvalue weighted by Gasteiger charge is -2.25. The summed E-state index contributed by atoms with van der Waals surface area (Å²) < 4.78 is 0. The first-order valence-electron chi connectivity index (χ1n) is 6.70. The molecule has 1 aromatic rings. The van der Waals surface area contributed by atoms with Gasteiger partial charge in [-0.2, -0.15) is 0 Å². The van der Waals surface area contributed by atoms with Gasteiger partial charge in [0.2, 0.25) is 5.91 Å². The Morgan fingerprint density at radius 1 is 1.11 bits per heavy atom. The predicted octanol–water partition coefficient (Wildman–Crippen LogP) is 3.15. The highest BCUT2D eigenvalue weighted by Crippen LogP contribution is 2.29. The van der Waals surface area contributed by atoms with E-state index in [1.54, 1.807) is 12.1 Å². The van der Waals surface area contributed by atoms with Crippen molar-refractivity contribution in [2.45, 2.75) is 32.6 Å². The number of hydrogen-bond acceptors (Lipinski definition) is 2. The fourth-order valence-corrected chi connectivity index (χ4v) is 2.46. The summed E-state index contributed by atoms with van der Waals surface area (Å²) in [5.41, 5.74) is 0.887. The first kappa shape index (κ1) is 13.6. The van der Waals surface area contributed by atoms with Gasteiger partial charge in [0.1, 0.15) is 0 Å². The zero-order chi connectivity index (χ0) is 13.8. The van der Waals surface area contributed by atoms with Crippen molar-refractivity contribution in [2.24, 2.45) is 11.8 Å². The van der Waals surface area contributed by atoms with Crippen molar-refractivity contribution in [1.29, 1.82) is 0 Å². The van der Waals surface area contributed by atoms with Gasteiger partial charge in [-0.25, -0.2) is 4.79 Å². The molecule has 0 heterocycles. The highest BCUT2D eigenvalue weighted by atomic mass is 16.4. The minimum atomic E-state index is -0.959. The molecule has 102 valence electrons. The Morgan fingerprint density at radius 3 is 2.21 bits per heavy atom. The number of amides is 1. The molecular formula is C15H19NO3. The van der Waals surface area contributed by atoms with E-state index >= 15 is 0 Å². The number of nitrogens with one attached hydrogen (secondary N) is 1. The molecule has 1 saturated carbocycles. The number of carbonyl (C=O) groups is 2. The second kappa shape index (κ2) is 5.87. The van der Waals surface area contributed by atoms with E-state index in [4.69, 9.17) is 5.11 Å². The molecule has 0 bridgehead atoms. The summed E-state index contributed by atoms with van der Waals surface area (Å²) in [4.78, 5) is 22.8. The van der Waals surface area contributed by atoms with E-state index in [0.29, 0.717) is 5.69 Å². The van der Waals surface area contributed by atoms with Gasteiger partial charge in [-0.3, -0.25) is 4.79 Å². The van der Waals surface area contributed by atoms with E-state index in [9.17, 15) is 9.59 Å². The lowest BCUT2D eigenvalue weighted by molar-refractivity contribution is -0.121. The SMILES string of the molecule is CC1CCC(C(=O)Nc2ccc(C(=O)O)cc2)CC1. The first-order valence-corrected chi connectivity index (χ1v) is 6.70. The number of carboxylic acids is 1. The topological polar surface area (TPSA) is 66.4 Å². The van der Waals surface area contributed by atoms with Gasteiger partial charge in [0.05, 0.1) is 5.56 Å². The second-order valence-corrected chi connectivity index (χ2v) is 5.33. The molecule has 0 radical (unpaired) electrons. The zero-order valence-corrected chi connectivity index (χ0v) is 11.1. The third-order valence-corrected chi connectivity index (χ3v) is 3.79. The smallest absolute Gasteiger partial charge is 0.335 e. The van der Waals surface area contributed by atoms with E-state index in [1.807, 2.05) is 0 Å². The summed E-state index contributed by atoms with van der Waals surface area (Å²) in [6.45, 7) is 2.22.